The Bertz CT molecular complexity index is 485. The molecule has 1 heterocycles. The molecule has 2 nitrogen and oxygen atoms in total. The van der Waals surface area contributed by atoms with Crippen LogP contribution >= 0.6 is 0 Å². The van der Waals surface area contributed by atoms with Gasteiger partial charge in [0.05, 0.1) is 5.56 Å². The zero-order valence-electron chi connectivity index (χ0n) is 12.0. The molecule has 2 rings (SSSR count). The van der Waals surface area contributed by atoms with Crippen LogP contribution in [0.2, 0.25) is 0 Å². The minimum absolute atomic E-state index is 0.0547. The summed E-state index contributed by atoms with van der Waals surface area (Å²) < 4.78 is 51.6. The van der Waals surface area contributed by atoms with E-state index >= 15 is 0 Å². The molecule has 2 N–H and O–H groups in total. The maximum Gasteiger partial charge on any atom is 0.416 e. The van der Waals surface area contributed by atoms with Gasteiger partial charge in [0.15, 0.2) is 0 Å². The number of hydrogen-bond acceptors (Lipinski definition) is 2. The van der Waals surface area contributed by atoms with Gasteiger partial charge < -0.3 is 5.73 Å². The van der Waals surface area contributed by atoms with Crippen LogP contribution in [0.3, 0.4) is 0 Å². The topological polar surface area (TPSA) is 29.3 Å². The standard InChI is InChI=1S/C15H20F4N2/c1-10(20)14-4-2-3-5-21(14)9-11-6-12(15(17,18)19)8-13(16)7-11/h6-8,10,14H,2-5,9,20H2,1H3. The van der Waals surface area contributed by atoms with Crippen LogP contribution in [0, 0.1) is 5.82 Å². The lowest BCUT2D eigenvalue weighted by molar-refractivity contribution is -0.137. The van der Waals surface area contributed by atoms with Crippen LogP contribution in [-0.4, -0.2) is 23.5 Å². The normalized spacial score (nSPS) is 22.3. The first-order chi connectivity index (χ1) is 9.77. The minimum atomic E-state index is -4.53. The Morgan fingerprint density at radius 2 is 2.00 bits per heavy atom. The van der Waals surface area contributed by atoms with E-state index in [-0.39, 0.29) is 12.1 Å². The Morgan fingerprint density at radius 3 is 2.62 bits per heavy atom. The van der Waals surface area contributed by atoms with Gasteiger partial charge in [0.25, 0.3) is 0 Å². The summed E-state index contributed by atoms with van der Waals surface area (Å²) in [5.74, 6) is -0.853. The zero-order valence-corrected chi connectivity index (χ0v) is 12.0. The Hall–Kier alpha value is -1.14. The Balaban J connectivity index is 2.20. The molecular formula is C15H20F4N2. The summed E-state index contributed by atoms with van der Waals surface area (Å²) in [5.41, 5.74) is 5.35. The number of piperidine rings is 1. The molecule has 0 radical (unpaired) electrons. The molecule has 1 aromatic rings. The summed E-state index contributed by atoms with van der Waals surface area (Å²) in [7, 11) is 0. The van der Waals surface area contributed by atoms with Crippen molar-refractivity contribution in [2.24, 2.45) is 5.73 Å². The van der Waals surface area contributed by atoms with E-state index in [0.717, 1.165) is 31.9 Å². The first-order valence-corrected chi connectivity index (χ1v) is 7.13. The maximum absolute atomic E-state index is 13.4. The third-order valence-electron chi connectivity index (χ3n) is 3.94. The molecular weight excluding hydrogens is 284 g/mol. The van der Waals surface area contributed by atoms with Crippen molar-refractivity contribution in [1.29, 1.82) is 0 Å². The Morgan fingerprint density at radius 1 is 1.29 bits per heavy atom. The van der Waals surface area contributed by atoms with Crippen molar-refractivity contribution >= 4 is 0 Å². The van der Waals surface area contributed by atoms with Crippen molar-refractivity contribution in [1.82, 2.24) is 4.90 Å². The predicted octanol–water partition coefficient (Wildman–Crippen LogP) is 3.55. The van der Waals surface area contributed by atoms with Crippen LogP contribution in [-0.2, 0) is 12.7 Å². The molecule has 1 aliphatic heterocycles. The molecule has 21 heavy (non-hydrogen) atoms. The van der Waals surface area contributed by atoms with E-state index in [1.807, 2.05) is 6.92 Å². The lowest BCUT2D eigenvalue weighted by Crippen LogP contribution is -2.48. The average molecular weight is 304 g/mol. The number of alkyl halides is 3. The van der Waals surface area contributed by atoms with Crippen LogP contribution < -0.4 is 5.73 Å². The molecule has 0 bridgehead atoms. The minimum Gasteiger partial charge on any atom is -0.327 e. The van der Waals surface area contributed by atoms with Crippen molar-refractivity contribution in [2.45, 2.75) is 51.0 Å². The number of hydrogen-bond donors (Lipinski definition) is 1. The quantitative estimate of drug-likeness (QED) is 0.865. The fourth-order valence-corrected chi connectivity index (χ4v) is 2.95. The smallest absolute Gasteiger partial charge is 0.327 e. The van der Waals surface area contributed by atoms with Gasteiger partial charge in [-0.25, -0.2) is 4.39 Å². The highest BCUT2D eigenvalue weighted by Crippen LogP contribution is 2.31. The number of rotatable bonds is 3. The highest BCUT2D eigenvalue weighted by molar-refractivity contribution is 5.27. The van der Waals surface area contributed by atoms with E-state index in [0.29, 0.717) is 18.2 Å². The van der Waals surface area contributed by atoms with Gasteiger partial charge in [0.1, 0.15) is 5.82 Å². The summed E-state index contributed by atoms with van der Waals surface area (Å²) >= 11 is 0. The van der Waals surface area contributed by atoms with Crippen LogP contribution in [0.1, 0.15) is 37.3 Å². The third kappa shape index (κ3) is 4.17. The van der Waals surface area contributed by atoms with E-state index in [1.54, 1.807) is 0 Å². The molecule has 6 heteroatoms. The fraction of sp³-hybridized carbons (Fsp3) is 0.600. The third-order valence-corrected chi connectivity index (χ3v) is 3.94. The first-order valence-electron chi connectivity index (χ1n) is 7.13. The van der Waals surface area contributed by atoms with E-state index in [2.05, 4.69) is 4.90 Å². The first kappa shape index (κ1) is 16.2. The molecule has 2 unspecified atom stereocenters. The van der Waals surface area contributed by atoms with Crippen LogP contribution in [0.25, 0.3) is 0 Å². The van der Waals surface area contributed by atoms with Gasteiger partial charge in [-0.3, -0.25) is 4.90 Å². The highest BCUT2D eigenvalue weighted by Gasteiger charge is 2.32. The van der Waals surface area contributed by atoms with Gasteiger partial charge in [-0.15, -0.1) is 0 Å². The Labute approximate surface area is 121 Å². The SMILES string of the molecule is CC(N)C1CCCCN1Cc1cc(F)cc(C(F)(F)F)c1. The lowest BCUT2D eigenvalue weighted by atomic mass is 9.96. The largest absolute Gasteiger partial charge is 0.416 e. The molecule has 118 valence electrons. The van der Waals surface area contributed by atoms with Crippen LogP contribution in [0.4, 0.5) is 17.6 Å². The van der Waals surface area contributed by atoms with Crippen LogP contribution in [0.5, 0.6) is 0 Å². The fourth-order valence-electron chi connectivity index (χ4n) is 2.95. The molecule has 0 saturated carbocycles. The highest BCUT2D eigenvalue weighted by atomic mass is 19.4. The van der Waals surface area contributed by atoms with E-state index in [9.17, 15) is 17.6 Å². The van der Waals surface area contributed by atoms with Crippen molar-refractivity contribution in [3.05, 3.63) is 35.1 Å². The number of likely N-dealkylation sites (tertiary alicyclic amines) is 1. The summed E-state index contributed by atoms with van der Waals surface area (Å²) in [6.07, 6.45) is -1.54. The molecule has 1 aromatic carbocycles. The second-order valence-corrected chi connectivity index (χ2v) is 5.74. The van der Waals surface area contributed by atoms with Crippen molar-refractivity contribution < 1.29 is 17.6 Å². The van der Waals surface area contributed by atoms with Gasteiger partial charge in [-0.1, -0.05) is 6.42 Å². The second-order valence-electron chi connectivity index (χ2n) is 5.74. The number of nitrogens with zero attached hydrogens (tertiary/aromatic N) is 1. The molecule has 0 aromatic heterocycles. The second kappa shape index (κ2) is 6.32. The molecule has 1 saturated heterocycles. The van der Waals surface area contributed by atoms with Gasteiger partial charge in [0, 0.05) is 18.6 Å². The number of halogens is 4. The molecule has 0 aliphatic carbocycles. The lowest BCUT2D eigenvalue weighted by Gasteiger charge is -2.38. The molecule has 0 amide bonds. The van der Waals surface area contributed by atoms with Gasteiger partial charge >= 0.3 is 6.18 Å². The van der Waals surface area contributed by atoms with E-state index in [1.165, 1.54) is 6.07 Å². The average Bonchev–Trinajstić information content (AvgIpc) is 2.37. The number of nitrogens with two attached hydrogens (primary N) is 1. The van der Waals surface area contributed by atoms with Crippen molar-refractivity contribution in [2.75, 3.05) is 6.54 Å². The van der Waals surface area contributed by atoms with Gasteiger partial charge in [0.2, 0.25) is 0 Å². The summed E-state index contributed by atoms with van der Waals surface area (Å²) in [4.78, 5) is 2.06. The van der Waals surface area contributed by atoms with Gasteiger partial charge in [-0.2, -0.15) is 13.2 Å². The Kier molecular flexibility index (Phi) is 4.88. The molecule has 1 fully saturated rings. The predicted molar refractivity (Wildman–Crippen MR) is 73.1 cm³/mol. The number of benzene rings is 1. The maximum atomic E-state index is 13.4. The zero-order chi connectivity index (χ0) is 15.6. The monoisotopic (exact) mass is 304 g/mol. The summed E-state index contributed by atoms with van der Waals surface area (Å²) in [6.45, 7) is 2.98. The van der Waals surface area contributed by atoms with Crippen LogP contribution in [0.15, 0.2) is 18.2 Å². The molecule has 0 spiro atoms. The van der Waals surface area contributed by atoms with Crippen molar-refractivity contribution in [3.8, 4) is 0 Å². The summed E-state index contributed by atoms with van der Waals surface area (Å²) in [6, 6.07) is 2.80. The summed E-state index contributed by atoms with van der Waals surface area (Å²) in [5, 5.41) is 0. The molecule has 1 aliphatic rings. The van der Waals surface area contributed by atoms with Gasteiger partial charge in [-0.05, 0) is 50.1 Å². The van der Waals surface area contributed by atoms with Crippen molar-refractivity contribution in [3.63, 3.8) is 0 Å². The molecule has 2 atom stereocenters. The van der Waals surface area contributed by atoms with E-state index < -0.39 is 17.6 Å². The van der Waals surface area contributed by atoms with E-state index in [4.69, 9.17) is 5.73 Å².